The van der Waals surface area contributed by atoms with Crippen LogP contribution in [0.15, 0.2) is 84.9 Å². The third kappa shape index (κ3) is 3.31. The minimum Gasteiger partial charge on any atom is -0.465 e. The van der Waals surface area contributed by atoms with Crippen LogP contribution in [0, 0.1) is 28.1 Å². The zero-order valence-electron chi connectivity index (χ0n) is 19.0. The summed E-state index contributed by atoms with van der Waals surface area (Å²) in [7, 11) is 1.31. The molecule has 0 amide bonds. The Morgan fingerprint density at radius 2 is 1.54 bits per heavy atom. The molecular formula is C29H21N3O3. The Bertz CT molecular complexity index is 1400. The number of anilines is 1. The van der Waals surface area contributed by atoms with E-state index in [4.69, 9.17) is 4.74 Å². The number of para-hydroxylation sites is 1. The van der Waals surface area contributed by atoms with Crippen molar-refractivity contribution in [2.45, 2.75) is 18.0 Å². The van der Waals surface area contributed by atoms with Gasteiger partial charge in [-0.15, -0.1) is 0 Å². The number of benzene rings is 3. The second kappa shape index (κ2) is 8.59. The Morgan fingerprint density at radius 1 is 0.886 bits per heavy atom. The van der Waals surface area contributed by atoms with Gasteiger partial charge in [-0.1, -0.05) is 72.8 Å². The Morgan fingerprint density at radius 3 is 2.20 bits per heavy atom. The average molecular weight is 460 g/mol. The van der Waals surface area contributed by atoms with E-state index in [1.54, 1.807) is 48.5 Å². The number of carbonyl (C=O) groups excluding carboxylic acids is 2. The van der Waals surface area contributed by atoms with E-state index in [0.29, 0.717) is 16.7 Å². The van der Waals surface area contributed by atoms with Crippen LogP contribution >= 0.6 is 0 Å². The molecule has 2 aliphatic heterocycles. The monoisotopic (exact) mass is 459 g/mol. The molecule has 0 bridgehead atoms. The average Bonchev–Trinajstić information content (AvgIpc) is 3.23. The molecule has 6 heteroatoms. The van der Waals surface area contributed by atoms with E-state index in [-0.39, 0.29) is 5.78 Å². The number of Topliss-reactive ketones (excluding diaryl/α,β-unsaturated/α-hetero) is 1. The van der Waals surface area contributed by atoms with Crippen LogP contribution in [-0.4, -0.2) is 30.9 Å². The van der Waals surface area contributed by atoms with E-state index in [9.17, 15) is 20.1 Å². The minimum absolute atomic E-state index is 0.171. The van der Waals surface area contributed by atoms with Crippen molar-refractivity contribution in [3.05, 3.63) is 107 Å². The van der Waals surface area contributed by atoms with Gasteiger partial charge in [0.1, 0.15) is 6.04 Å². The highest BCUT2D eigenvalue weighted by Gasteiger charge is 2.63. The van der Waals surface area contributed by atoms with Gasteiger partial charge in [-0.3, -0.25) is 4.79 Å². The lowest BCUT2D eigenvalue weighted by Crippen LogP contribution is -2.44. The molecule has 35 heavy (non-hydrogen) atoms. The van der Waals surface area contributed by atoms with Gasteiger partial charge in [-0.2, -0.15) is 10.5 Å². The van der Waals surface area contributed by atoms with Gasteiger partial charge in [-0.05, 0) is 29.3 Å². The van der Waals surface area contributed by atoms with Crippen LogP contribution in [0.1, 0.15) is 37.8 Å². The van der Waals surface area contributed by atoms with Gasteiger partial charge < -0.3 is 9.64 Å². The first-order valence-corrected chi connectivity index (χ1v) is 11.2. The van der Waals surface area contributed by atoms with Crippen LogP contribution in [0.3, 0.4) is 0 Å². The highest BCUT2D eigenvalue weighted by molar-refractivity contribution is 6.04. The van der Waals surface area contributed by atoms with Gasteiger partial charge in [0.15, 0.2) is 11.2 Å². The Labute approximate surface area is 203 Å². The summed E-state index contributed by atoms with van der Waals surface area (Å²) in [6, 6.07) is 26.4. The molecule has 1 saturated heterocycles. The lowest BCUT2D eigenvalue weighted by Gasteiger charge is -2.35. The molecule has 170 valence electrons. The number of ether oxygens (including phenoxy) is 1. The van der Waals surface area contributed by atoms with E-state index >= 15 is 0 Å². The van der Waals surface area contributed by atoms with Gasteiger partial charge in [0.05, 0.1) is 30.9 Å². The van der Waals surface area contributed by atoms with E-state index in [1.165, 1.54) is 7.11 Å². The summed E-state index contributed by atoms with van der Waals surface area (Å²) in [5.74, 6) is -1.42. The molecule has 0 saturated carbocycles. The maximum absolute atomic E-state index is 14.1. The first kappa shape index (κ1) is 22.1. The van der Waals surface area contributed by atoms with Crippen molar-refractivity contribution < 1.29 is 14.3 Å². The van der Waals surface area contributed by atoms with Crippen LogP contribution in [0.25, 0.3) is 6.08 Å². The topological polar surface area (TPSA) is 94.2 Å². The van der Waals surface area contributed by atoms with Gasteiger partial charge in [-0.25, -0.2) is 4.79 Å². The molecule has 2 heterocycles. The Kier molecular flexibility index (Phi) is 5.43. The predicted octanol–water partition coefficient (Wildman–Crippen LogP) is 4.76. The molecule has 2 aliphatic rings. The fraction of sp³-hybridized carbons (Fsp3) is 0.172. The van der Waals surface area contributed by atoms with Gasteiger partial charge in [0.25, 0.3) is 0 Å². The Balaban J connectivity index is 1.74. The van der Waals surface area contributed by atoms with Crippen molar-refractivity contribution in [2.75, 3.05) is 12.0 Å². The van der Waals surface area contributed by atoms with Crippen molar-refractivity contribution in [1.29, 1.82) is 10.5 Å². The van der Waals surface area contributed by atoms with E-state index in [0.717, 1.165) is 11.3 Å². The van der Waals surface area contributed by atoms with Crippen LogP contribution < -0.4 is 4.90 Å². The number of carbonyl (C=O) groups is 2. The first-order valence-electron chi connectivity index (χ1n) is 11.2. The standard InChI is InChI=1S/C29H21N3O3/c1-35-28(34)22-13-11-20(12-14-22)25-26(27(33)21-8-3-2-4-9-21)32-23-10-6-5-7-19(23)15-16-24(32)29(25,17-30)18-31/h2-16,24-26H,1H3/t24-,25-,26+/m1/s1. The fourth-order valence-electron chi connectivity index (χ4n) is 5.33. The highest BCUT2D eigenvalue weighted by atomic mass is 16.5. The molecule has 1 fully saturated rings. The second-order valence-electron chi connectivity index (χ2n) is 8.63. The van der Waals surface area contributed by atoms with Crippen molar-refractivity contribution in [3.63, 3.8) is 0 Å². The molecular weight excluding hydrogens is 438 g/mol. The summed E-state index contributed by atoms with van der Waals surface area (Å²) in [5.41, 5.74) is 1.68. The zero-order valence-corrected chi connectivity index (χ0v) is 19.0. The smallest absolute Gasteiger partial charge is 0.337 e. The third-order valence-corrected chi connectivity index (χ3v) is 6.93. The number of nitrogens with zero attached hydrogens (tertiary/aromatic N) is 3. The summed E-state index contributed by atoms with van der Waals surface area (Å²) in [4.78, 5) is 28.0. The summed E-state index contributed by atoms with van der Waals surface area (Å²) in [6.45, 7) is 0. The molecule has 0 radical (unpaired) electrons. The minimum atomic E-state index is -1.54. The number of ketones is 1. The van der Waals surface area contributed by atoms with E-state index in [2.05, 4.69) is 12.1 Å². The molecule has 0 aliphatic carbocycles. The molecule has 6 nitrogen and oxygen atoms in total. The zero-order chi connectivity index (χ0) is 24.6. The number of esters is 1. The number of hydrogen-bond acceptors (Lipinski definition) is 6. The molecule has 0 unspecified atom stereocenters. The van der Waals surface area contributed by atoms with Gasteiger partial charge in [0, 0.05) is 17.2 Å². The lowest BCUT2D eigenvalue weighted by molar-refractivity contribution is 0.0600. The van der Waals surface area contributed by atoms with Crippen molar-refractivity contribution in [1.82, 2.24) is 0 Å². The second-order valence-corrected chi connectivity index (χ2v) is 8.63. The molecule has 3 aromatic carbocycles. The van der Waals surface area contributed by atoms with Gasteiger partial charge in [0.2, 0.25) is 0 Å². The number of hydrogen-bond donors (Lipinski definition) is 0. The van der Waals surface area contributed by atoms with E-state index < -0.39 is 29.4 Å². The largest absolute Gasteiger partial charge is 0.465 e. The van der Waals surface area contributed by atoms with Crippen molar-refractivity contribution >= 4 is 23.5 Å². The maximum atomic E-state index is 14.1. The predicted molar refractivity (Wildman–Crippen MR) is 130 cm³/mol. The summed E-state index contributed by atoms with van der Waals surface area (Å²) >= 11 is 0. The highest BCUT2D eigenvalue weighted by Crippen LogP contribution is 2.55. The van der Waals surface area contributed by atoms with E-state index in [1.807, 2.05) is 47.4 Å². The molecule has 0 N–H and O–H groups in total. The third-order valence-electron chi connectivity index (χ3n) is 6.93. The van der Waals surface area contributed by atoms with Gasteiger partial charge >= 0.3 is 5.97 Å². The lowest BCUT2D eigenvalue weighted by atomic mass is 9.69. The van der Waals surface area contributed by atoms with Crippen LogP contribution in [0.4, 0.5) is 5.69 Å². The summed E-state index contributed by atoms with van der Waals surface area (Å²) < 4.78 is 4.80. The molecule has 0 aromatic heterocycles. The normalized spacial score (nSPS) is 21.2. The number of methoxy groups -OCH3 is 1. The quantitative estimate of drug-likeness (QED) is 0.413. The van der Waals surface area contributed by atoms with Crippen LogP contribution in [0.2, 0.25) is 0 Å². The first-order chi connectivity index (χ1) is 17.1. The molecule has 0 spiro atoms. The van der Waals surface area contributed by atoms with Crippen LogP contribution in [-0.2, 0) is 4.74 Å². The number of nitriles is 2. The summed E-state index contributed by atoms with van der Waals surface area (Å²) in [6.07, 6.45) is 3.76. The fourth-order valence-corrected chi connectivity index (χ4v) is 5.33. The van der Waals surface area contributed by atoms with Crippen LogP contribution in [0.5, 0.6) is 0 Å². The number of rotatable bonds is 4. The van der Waals surface area contributed by atoms with Crippen molar-refractivity contribution in [3.8, 4) is 12.1 Å². The maximum Gasteiger partial charge on any atom is 0.337 e. The summed E-state index contributed by atoms with van der Waals surface area (Å²) in [5, 5.41) is 20.9. The molecule has 3 atom stereocenters. The molecule has 5 rings (SSSR count). The Hall–Kier alpha value is -4.68. The SMILES string of the molecule is COC(=O)c1ccc([C@@H]2[C@@H](C(=O)c3ccccc3)N3c4ccccc4C=C[C@@H]3C2(C#N)C#N)cc1. The van der Waals surface area contributed by atoms with Crippen molar-refractivity contribution in [2.24, 2.45) is 5.41 Å². The number of fused-ring (bicyclic) bond motifs is 3. The molecule has 3 aromatic rings.